The third-order valence-corrected chi connectivity index (χ3v) is 7.57. The van der Waals surface area contributed by atoms with E-state index in [1.807, 2.05) is 0 Å². The number of hydrogen-bond acceptors (Lipinski definition) is 3. The summed E-state index contributed by atoms with van der Waals surface area (Å²) in [6.45, 7) is 0. The SMILES string of the molecule is [Ir+3].[c-]1c2cccc1Cc1[c-]c(ccc1)Cc1[c-]c(ccc1)C2.c1cc2nc(c1)Cc1cccc(n1)Cc1cccc(n1)C2. The van der Waals surface area contributed by atoms with E-state index in [1.165, 1.54) is 33.4 Å². The first-order valence-electron chi connectivity index (χ1n) is 14.5. The van der Waals surface area contributed by atoms with Crippen molar-refractivity contribution < 1.29 is 20.1 Å². The molecule has 0 radical (unpaired) electrons. The smallest absolute Gasteiger partial charge is 0.257 e. The number of pyridine rings is 3. The summed E-state index contributed by atoms with van der Waals surface area (Å²) in [5.41, 5.74) is 13.8. The van der Waals surface area contributed by atoms with Gasteiger partial charge in [-0.05, 0) is 55.7 Å². The van der Waals surface area contributed by atoms with Crippen molar-refractivity contribution in [1.29, 1.82) is 0 Å². The van der Waals surface area contributed by atoms with Gasteiger partial charge in [0.2, 0.25) is 0 Å². The zero-order chi connectivity index (χ0) is 28.1. The number of aromatic nitrogens is 3. The van der Waals surface area contributed by atoms with Crippen molar-refractivity contribution in [3.8, 4) is 0 Å². The molecule has 4 heterocycles. The maximum absolute atomic E-state index is 4.73. The molecule has 0 fully saturated rings. The number of rotatable bonds is 0. The van der Waals surface area contributed by atoms with E-state index in [2.05, 4.69) is 127 Å². The fraction of sp³-hybridized carbons (Fsp3) is 0.154. The second-order valence-corrected chi connectivity index (χ2v) is 11.0. The fourth-order valence-electron chi connectivity index (χ4n) is 5.68. The molecule has 3 aromatic carbocycles. The Kier molecular flexibility index (Phi) is 8.98. The summed E-state index contributed by atoms with van der Waals surface area (Å²) in [5, 5.41) is 0. The summed E-state index contributed by atoms with van der Waals surface area (Å²) in [4.78, 5) is 14.2. The van der Waals surface area contributed by atoms with E-state index in [-0.39, 0.29) is 20.1 Å². The molecule has 0 spiro atoms. The first-order valence-corrected chi connectivity index (χ1v) is 14.5. The minimum atomic E-state index is 0. The number of benzene rings is 3. The first kappa shape index (κ1) is 28.9. The molecule has 0 atom stereocenters. The molecule has 0 saturated heterocycles. The molecule has 210 valence electrons. The van der Waals surface area contributed by atoms with Gasteiger partial charge in [-0.15, -0.1) is 0 Å². The van der Waals surface area contributed by atoms with E-state index in [4.69, 9.17) is 15.0 Å². The molecule has 0 unspecified atom stereocenters. The van der Waals surface area contributed by atoms with Gasteiger partial charge in [-0.2, -0.15) is 106 Å². The maximum atomic E-state index is 4.73. The standard InChI is InChI=1S/C21H15.C18H15N3.Ir/c1-4-16-10-17(5-1)14-19-7-3-9-21(12-19)15-20-8-2-6-18(11-20)13-16;1-4-13-10-15-6-2-8-17(20-15)12-18-9-3-7-16(21-18)11-14(5-1)19-13;/h1-9H,13-15H2;1-9H,10-12H2;/q-3;;+3. The Morgan fingerprint density at radius 1 is 0.302 bits per heavy atom. The Morgan fingerprint density at radius 3 is 0.744 bits per heavy atom. The average Bonchev–Trinajstić information content (AvgIpc) is 2.98. The van der Waals surface area contributed by atoms with Crippen LogP contribution in [0.15, 0.2) is 109 Å². The van der Waals surface area contributed by atoms with Crippen LogP contribution in [0.3, 0.4) is 0 Å². The predicted octanol–water partition coefficient (Wildman–Crippen LogP) is 7.13. The zero-order valence-corrected chi connectivity index (χ0v) is 26.2. The number of fused-ring (bicyclic) bond motifs is 12. The molecular weight excluding hydrogens is 703 g/mol. The molecule has 1 aliphatic heterocycles. The van der Waals surface area contributed by atoms with Gasteiger partial charge in [0, 0.05) is 53.4 Å². The molecule has 0 N–H and O–H groups in total. The van der Waals surface area contributed by atoms with Gasteiger partial charge < -0.3 is 0 Å². The molecule has 3 nitrogen and oxygen atoms in total. The molecule has 3 aromatic heterocycles. The fourth-order valence-corrected chi connectivity index (χ4v) is 5.68. The van der Waals surface area contributed by atoms with Crippen molar-refractivity contribution in [2.24, 2.45) is 0 Å². The van der Waals surface area contributed by atoms with E-state index < -0.39 is 0 Å². The predicted molar refractivity (Wildman–Crippen MR) is 165 cm³/mol. The Labute approximate surface area is 267 Å². The van der Waals surface area contributed by atoms with Crippen LogP contribution in [0.4, 0.5) is 0 Å². The largest absolute Gasteiger partial charge is 3.00 e. The monoisotopic (exact) mass is 733 g/mol. The van der Waals surface area contributed by atoms with E-state index in [9.17, 15) is 0 Å². The van der Waals surface area contributed by atoms with Crippen LogP contribution >= 0.6 is 0 Å². The summed E-state index contributed by atoms with van der Waals surface area (Å²) in [5.74, 6) is 0. The third kappa shape index (κ3) is 7.59. The van der Waals surface area contributed by atoms with E-state index in [1.54, 1.807) is 0 Å². The topological polar surface area (TPSA) is 38.7 Å². The molecule has 6 aromatic rings. The Balaban J connectivity index is 0.000000150. The van der Waals surface area contributed by atoms with Crippen molar-refractivity contribution in [2.75, 3.05) is 0 Å². The van der Waals surface area contributed by atoms with Crippen LogP contribution in [0, 0.1) is 18.2 Å². The van der Waals surface area contributed by atoms with Crippen molar-refractivity contribution >= 4 is 0 Å². The van der Waals surface area contributed by atoms with E-state index >= 15 is 0 Å². The quantitative estimate of drug-likeness (QED) is 0.156. The summed E-state index contributed by atoms with van der Waals surface area (Å²) in [7, 11) is 0. The Hall–Kier alpha value is -4.24. The van der Waals surface area contributed by atoms with Crippen molar-refractivity contribution in [3.05, 3.63) is 195 Å². The molecule has 1 aliphatic carbocycles. The van der Waals surface area contributed by atoms with Crippen LogP contribution in [-0.2, 0) is 58.6 Å². The summed E-state index contributed by atoms with van der Waals surface area (Å²) < 4.78 is 0. The van der Waals surface area contributed by atoms with Gasteiger partial charge in [-0.1, -0.05) is 18.2 Å². The second kappa shape index (κ2) is 13.4. The zero-order valence-electron chi connectivity index (χ0n) is 23.8. The van der Waals surface area contributed by atoms with Gasteiger partial charge in [0.15, 0.2) is 0 Å². The molecule has 0 saturated carbocycles. The van der Waals surface area contributed by atoms with E-state index in [0.29, 0.717) is 0 Å². The van der Waals surface area contributed by atoms with Crippen molar-refractivity contribution in [1.82, 2.24) is 15.0 Å². The Bertz CT molecular complexity index is 1410. The summed E-state index contributed by atoms with van der Waals surface area (Å²) in [6, 6.07) is 48.5. The minimum Gasteiger partial charge on any atom is -0.257 e. The van der Waals surface area contributed by atoms with E-state index in [0.717, 1.165) is 72.7 Å². The summed E-state index contributed by atoms with van der Waals surface area (Å²) in [6.07, 6.45) is 5.05. The third-order valence-electron chi connectivity index (χ3n) is 7.57. The van der Waals surface area contributed by atoms with Crippen LogP contribution in [0.25, 0.3) is 0 Å². The second-order valence-electron chi connectivity index (χ2n) is 11.0. The van der Waals surface area contributed by atoms with Crippen LogP contribution in [-0.4, -0.2) is 15.0 Å². The number of nitrogens with zero attached hydrogens (tertiary/aromatic N) is 3. The average molecular weight is 733 g/mol. The molecule has 12 bridgehead atoms. The summed E-state index contributed by atoms with van der Waals surface area (Å²) >= 11 is 0. The van der Waals surface area contributed by atoms with Crippen LogP contribution in [0.5, 0.6) is 0 Å². The molecule has 2 aliphatic rings. The van der Waals surface area contributed by atoms with Crippen molar-refractivity contribution in [3.63, 3.8) is 0 Å². The molecule has 43 heavy (non-hydrogen) atoms. The molecule has 4 heteroatoms. The normalized spacial score (nSPS) is 12.8. The molecule has 8 rings (SSSR count). The Morgan fingerprint density at radius 2 is 0.512 bits per heavy atom. The van der Waals surface area contributed by atoms with Gasteiger partial charge in [-0.3, -0.25) is 15.0 Å². The van der Waals surface area contributed by atoms with Crippen LogP contribution < -0.4 is 0 Å². The van der Waals surface area contributed by atoms with Gasteiger partial charge >= 0.3 is 20.1 Å². The van der Waals surface area contributed by atoms with Crippen LogP contribution in [0.2, 0.25) is 0 Å². The van der Waals surface area contributed by atoms with Gasteiger partial charge in [0.05, 0.1) is 0 Å². The molecular formula is C39H30IrN3. The van der Waals surface area contributed by atoms with Gasteiger partial charge in [-0.25, -0.2) is 0 Å². The minimum absolute atomic E-state index is 0. The van der Waals surface area contributed by atoms with Crippen LogP contribution in [0.1, 0.15) is 67.5 Å². The van der Waals surface area contributed by atoms with Crippen molar-refractivity contribution in [2.45, 2.75) is 38.5 Å². The maximum Gasteiger partial charge on any atom is 3.00 e. The molecule has 0 amide bonds. The van der Waals surface area contributed by atoms with Gasteiger partial charge in [0.1, 0.15) is 0 Å². The number of hydrogen-bond donors (Lipinski definition) is 0. The van der Waals surface area contributed by atoms with Gasteiger partial charge in [0.25, 0.3) is 0 Å². The first-order chi connectivity index (χ1) is 20.7.